The molecule has 2 aromatic carbocycles. The van der Waals surface area contributed by atoms with Gasteiger partial charge >= 0.3 is 0 Å². The van der Waals surface area contributed by atoms with Crippen LogP contribution >= 0.6 is 0 Å². The summed E-state index contributed by atoms with van der Waals surface area (Å²) in [6.45, 7) is 4.11. The van der Waals surface area contributed by atoms with Gasteiger partial charge in [-0.3, -0.25) is 30.6 Å². The number of methoxy groups -OCH3 is 1. The Balaban J connectivity index is 2.08. The van der Waals surface area contributed by atoms with E-state index in [0.29, 0.717) is 23.7 Å². The summed E-state index contributed by atoms with van der Waals surface area (Å²) in [6.07, 6.45) is 1.88. The van der Waals surface area contributed by atoms with Crippen LogP contribution in [-0.2, 0) is 0 Å². The van der Waals surface area contributed by atoms with Gasteiger partial charge in [0.25, 0.3) is 17.5 Å². The number of para-hydroxylation sites is 1. The summed E-state index contributed by atoms with van der Waals surface area (Å²) in [5, 5.41) is 11.2. The first-order chi connectivity index (χ1) is 13.9. The van der Waals surface area contributed by atoms with Crippen LogP contribution in [0.3, 0.4) is 0 Å². The lowest BCUT2D eigenvalue weighted by atomic mass is 10.1. The molecule has 0 heterocycles. The van der Waals surface area contributed by atoms with Gasteiger partial charge < -0.3 is 9.47 Å². The lowest BCUT2D eigenvalue weighted by Gasteiger charge is -2.12. The molecule has 0 saturated heterocycles. The van der Waals surface area contributed by atoms with Crippen LogP contribution in [0.1, 0.15) is 46.0 Å². The normalized spacial score (nSPS) is 10.2. The second-order valence-electron chi connectivity index (χ2n) is 6.20. The van der Waals surface area contributed by atoms with Gasteiger partial charge in [-0.25, -0.2) is 0 Å². The van der Waals surface area contributed by atoms with Crippen LogP contribution in [0.15, 0.2) is 36.4 Å². The second kappa shape index (κ2) is 10.1. The largest absolute Gasteiger partial charge is 0.493 e. The Morgan fingerprint density at radius 1 is 1.10 bits per heavy atom. The molecule has 0 bridgehead atoms. The maximum Gasteiger partial charge on any atom is 0.285 e. The third kappa shape index (κ3) is 5.44. The summed E-state index contributed by atoms with van der Waals surface area (Å²) in [5.41, 5.74) is 4.56. The number of nitrogens with zero attached hydrogens (tertiary/aromatic N) is 1. The van der Waals surface area contributed by atoms with E-state index in [2.05, 4.69) is 10.9 Å². The highest BCUT2D eigenvalue weighted by Gasteiger charge is 2.23. The number of carbonyl (C=O) groups excluding carboxylic acids is 2. The van der Waals surface area contributed by atoms with E-state index >= 15 is 0 Å². The van der Waals surface area contributed by atoms with Gasteiger partial charge in [-0.1, -0.05) is 25.5 Å². The zero-order valence-electron chi connectivity index (χ0n) is 16.5. The van der Waals surface area contributed by atoms with E-state index in [1.54, 1.807) is 6.07 Å². The van der Waals surface area contributed by atoms with Crippen molar-refractivity contribution < 1.29 is 24.0 Å². The van der Waals surface area contributed by atoms with E-state index in [0.717, 1.165) is 12.8 Å². The first-order valence-electron chi connectivity index (χ1n) is 9.04. The average molecular weight is 401 g/mol. The van der Waals surface area contributed by atoms with E-state index in [1.807, 2.05) is 6.92 Å². The summed E-state index contributed by atoms with van der Waals surface area (Å²) in [5.74, 6) is -0.501. The van der Waals surface area contributed by atoms with Crippen LogP contribution in [-0.4, -0.2) is 30.5 Å². The number of hydrazine groups is 1. The molecule has 0 spiro atoms. The number of nitro groups is 1. The van der Waals surface area contributed by atoms with Crippen LogP contribution in [0.25, 0.3) is 0 Å². The van der Waals surface area contributed by atoms with Crippen molar-refractivity contribution in [3.05, 3.63) is 63.2 Å². The molecule has 9 nitrogen and oxygen atoms in total. The minimum absolute atomic E-state index is 0.146. The number of hydrogen-bond acceptors (Lipinski definition) is 6. The first kappa shape index (κ1) is 21.7. The Labute approximate surface area is 168 Å². The summed E-state index contributed by atoms with van der Waals surface area (Å²) in [7, 11) is 1.46. The molecule has 9 heteroatoms. The molecule has 0 aliphatic heterocycles. The predicted molar refractivity (Wildman–Crippen MR) is 106 cm³/mol. The molecule has 0 saturated carbocycles. The number of rotatable bonds is 8. The first-order valence-corrected chi connectivity index (χ1v) is 9.04. The van der Waals surface area contributed by atoms with Crippen molar-refractivity contribution in [2.75, 3.05) is 13.7 Å². The quantitative estimate of drug-likeness (QED) is 0.398. The van der Waals surface area contributed by atoms with Crippen LogP contribution < -0.4 is 20.3 Å². The number of benzene rings is 2. The molecule has 0 aromatic heterocycles. The van der Waals surface area contributed by atoms with Crippen molar-refractivity contribution in [3.63, 3.8) is 0 Å². The van der Waals surface area contributed by atoms with Crippen molar-refractivity contribution in [1.82, 2.24) is 10.9 Å². The number of hydrogen-bond donors (Lipinski definition) is 2. The highest BCUT2D eigenvalue weighted by atomic mass is 16.6. The lowest BCUT2D eigenvalue weighted by molar-refractivity contribution is -0.385. The van der Waals surface area contributed by atoms with Gasteiger partial charge in [-0.05, 0) is 37.6 Å². The fourth-order valence-corrected chi connectivity index (χ4v) is 2.59. The molecule has 2 aromatic rings. The zero-order valence-corrected chi connectivity index (χ0v) is 16.5. The van der Waals surface area contributed by atoms with Crippen LogP contribution in [0.2, 0.25) is 0 Å². The minimum Gasteiger partial charge on any atom is -0.493 e. The maximum absolute atomic E-state index is 12.3. The minimum atomic E-state index is -0.791. The molecule has 0 aliphatic carbocycles. The van der Waals surface area contributed by atoms with Crippen molar-refractivity contribution in [2.45, 2.75) is 26.7 Å². The molecule has 0 fully saturated rings. The molecule has 154 valence electrons. The Morgan fingerprint density at radius 2 is 1.83 bits per heavy atom. The fraction of sp³-hybridized carbons (Fsp3) is 0.300. The van der Waals surface area contributed by atoms with Gasteiger partial charge in [0.05, 0.1) is 18.6 Å². The van der Waals surface area contributed by atoms with Crippen molar-refractivity contribution in [1.29, 1.82) is 0 Å². The fourth-order valence-electron chi connectivity index (χ4n) is 2.59. The highest BCUT2D eigenvalue weighted by Crippen LogP contribution is 2.28. The van der Waals surface area contributed by atoms with Gasteiger partial charge in [-0.2, -0.15) is 0 Å². The summed E-state index contributed by atoms with van der Waals surface area (Å²) in [4.78, 5) is 35.2. The molecular weight excluding hydrogens is 378 g/mol. The number of carbonyl (C=O) groups is 2. The Kier molecular flexibility index (Phi) is 7.53. The number of ether oxygens (including phenoxy) is 2. The maximum atomic E-state index is 12.3. The van der Waals surface area contributed by atoms with E-state index in [1.165, 1.54) is 44.4 Å². The number of unbranched alkanes of at least 4 members (excludes halogenated alkanes) is 1. The lowest BCUT2D eigenvalue weighted by Crippen LogP contribution is -2.41. The molecule has 2 N–H and O–H groups in total. The van der Waals surface area contributed by atoms with Gasteiger partial charge in [0.1, 0.15) is 5.56 Å². The third-order valence-corrected chi connectivity index (χ3v) is 4.14. The monoisotopic (exact) mass is 401 g/mol. The van der Waals surface area contributed by atoms with E-state index in [-0.39, 0.29) is 16.8 Å². The number of nitrogens with one attached hydrogen (secondary N) is 2. The van der Waals surface area contributed by atoms with Gasteiger partial charge in [0.2, 0.25) is 0 Å². The molecular formula is C20H23N3O6. The van der Waals surface area contributed by atoms with Crippen LogP contribution in [0.5, 0.6) is 11.5 Å². The Morgan fingerprint density at radius 3 is 2.48 bits per heavy atom. The number of nitro benzene ring substituents is 1. The second-order valence-corrected chi connectivity index (χ2v) is 6.20. The average Bonchev–Trinajstić information content (AvgIpc) is 2.71. The van der Waals surface area contributed by atoms with Gasteiger partial charge in [0, 0.05) is 11.1 Å². The van der Waals surface area contributed by atoms with Crippen molar-refractivity contribution in [2.24, 2.45) is 0 Å². The van der Waals surface area contributed by atoms with Gasteiger partial charge in [0.15, 0.2) is 11.5 Å². The van der Waals surface area contributed by atoms with Crippen LogP contribution in [0, 0.1) is 17.0 Å². The number of aryl methyl sites for hydroxylation is 1. The standard InChI is InChI=1S/C20H23N3O6/c1-4-5-11-29-16-10-9-14(12-17(16)28-3)19(24)21-22-20(25)15-8-6-7-13(2)18(15)23(26)27/h6-10,12H,4-5,11H2,1-3H3,(H,21,24)(H,22,25). The van der Waals surface area contributed by atoms with Gasteiger partial charge in [-0.15, -0.1) is 0 Å². The predicted octanol–water partition coefficient (Wildman–Crippen LogP) is 3.17. The highest BCUT2D eigenvalue weighted by molar-refractivity contribution is 6.01. The van der Waals surface area contributed by atoms with Crippen molar-refractivity contribution >= 4 is 17.5 Å². The van der Waals surface area contributed by atoms with E-state index in [9.17, 15) is 19.7 Å². The Hall–Kier alpha value is -3.62. The van der Waals surface area contributed by atoms with Crippen LogP contribution in [0.4, 0.5) is 5.69 Å². The van der Waals surface area contributed by atoms with Crippen molar-refractivity contribution in [3.8, 4) is 11.5 Å². The zero-order chi connectivity index (χ0) is 21.4. The molecule has 0 unspecified atom stereocenters. The molecule has 0 aliphatic rings. The topological polar surface area (TPSA) is 120 Å². The number of amides is 2. The SMILES string of the molecule is CCCCOc1ccc(C(=O)NNC(=O)c2cccc(C)c2[N+](=O)[O-])cc1OC. The smallest absolute Gasteiger partial charge is 0.285 e. The molecule has 0 radical (unpaired) electrons. The summed E-state index contributed by atoms with van der Waals surface area (Å²) >= 11 is 0. The molecule has 29 heavy (non-hydrogen) atoms. The van der Waals surface area contributed by atoms with E-state index in [4.69, 9.17) is 9.47 Å². The third-order valence-electron chi connectivity index (χ3n) is 4.14. The summed E-state index contributed by atoms with van der Waals surface area (Å²) in [6, 6.07) is 9.00. The molecule has 2 rings (SSSR count). The van der Waals surface area contributed by atoms with E-state index < -0.39 is 16.7 Å². The molecule has 0 atom stereocenters. The summed E-state index contributed by atoms with van der Waals surface area (Å²) < 4.78 is 10.9. The molecule has 2 amide bonds. The Bertz CT molecular complexity index is 913.